The van der Waals surface area contributed by atoms with E-state index >= 15 is 0 Å². The van der Waals surface area contributed by atoms with E-state index in [0.717, 1.165) is 55.9 Å². The van der Waals surface area contributed by atoms with Crippen molar-refractivity contribution >= 4 is 32.7 Å². The molecule has 238 valence electrons. The van der Waals surface area contributed by atoms with Gasteiger partial charge in [0.2, 0.25) is 0 Å². The number of allylic oxidation sites excluding steroid dienone is 1. The van der Waals surface area contributed by atoms with Crippen LogP contribution in [0.1, 0.15) is 6.92 Å². The third kappa shape index (κ3) is 5.76. The van der Waals surface area contributed by atoms with Crippen LogP contribution < -0.4 is 0 Å². The third-order valence-corrected chi connectivity index (χ3v) is 8.99. The van der Waals surface area contributed by atoms with Crippen molar-refractivity contribution in [2.24, 2.45) is 0 Å². The summed E-state index contributed by atoms with van der Waals surface area (Å²) >= 11 is 0. The molecular weight excluding hydrogens is 607 g/mol. The smallest absolute Gasteiger partial charge is 0.160 e. The Kier molecular flexibility index (Phi) is 8.30. The Morgan fingerprint density at radius 3 is 1.76 bits per heavy atom. The van der Waals surface area contributed by atoms with Crippen molar-refractivity contribution in [1.29, 1.82) is 0 Å². The van der Waals surface area contributed by atoms with Gasteiger partial charge in [0, 0.05) is 33.0 Å². The standard InChI is InChI=1S/C44H29N3.C3H6/c1-4-13-30(14-5-1)32-17-12-18-35(27-32)44-45-40-26-24-33(28-39(40)43(46-44)31-15-6-2-7-16-31)34-23-25-38-37-21-10-11-22-41(37)47(42(38)29-34)36-19-8-3-9-20-36;1-3-2/h1-29H;3H,1H2,2H3. The molecule has 9 rings (SSSR count). The fourth-order valence-electron chi connectivity index (χ4n) is 6.73. The lowest BCUT2D eigenvalue weighted by molar-refractivity contribution is 1.18. The van der Waals surface area contributed by atoms with Crippen molar-refractivity contribution < 1.29 is 0 Å². The molecule has 0 radical (unpaired) electrons. The Bertz CT molecular complexity index is 2600. The lowest BCUT2D eigenvalue weighted by Crippen LogP contribution is -1.96. The summed E-state index contributed by atoms with van der Waals surface area (Å²) in [6.07, 6.45) is 1.75. The summed E-state index contributed by atoms with van der Waals surface area (Å²) in [4.78, 5) is 10.3. The third-order valence-electron chi connectivity index (χ3n) is 8.99. The summed E-state index contributed by atoms with van der Waals surface area (Å²) < 4.78 is 2.36. The number of benzene rings is 7. The maximum Gasteiger partial charge on any atom is 0.160 e. The molecule has 0 spiro atoms. The van der Waals surface area contributed by atoms with Gasteiger partial charge in [0.1, 0.15) is 0 Å². The van der Waals surface area contributed by atoms with Crippen molar-refractivity contribution in [2.75, 3.05) is 0 Å². The molecule has 0 fully saturated rings. The number of aromatic nitrogens is 3. The molecule has 0 N–H and O–H groups in total. The molecule has 0 atom stereocenters. The van der Waals surface area contributed by atoms with E-state index in [2.05, 4.69) is 175 Å². The van der Waals surface area contributed by atoms with Gasteiger partial charge in [-0.3, -0.25) is 0 Å². The van der Waals surface area contributed by atoms with Crippen LogP contribution in [0.3, 0.4) is 0 Å². The zero-order valence-electron chi connectivity index (χ0n) is 27.9. The molecule has 3 heteroatoms. The van der Waals surface area contributed by atoms with Crippen LogP contribution in [0.2, 0.25) is 0 Å². The van der Waals surface area contributed by atoms with Gasteiger partial charge < -0.3 is 4.57 Å². The first kappa shape index (κ1) is 30.7. The van der Waals surface area contributed by atoms with E-state index in [-0.39, 0.29) is 0 Å². The van der Waals surface area contributed by atoms with Gasteiger partial charge in [-0.15, -0.1) is 6.58 Å². The summed E-state index contributed by atoms with van der Waals surface area (Å²) in [6.45, 7) is 5.25. The summed E-state index contributed by atoms with van der Waals surface area (Å²) in [5, 5.41) is 3.52. The Balaban J connectivity index is 0.00000116. The number of nitrogens with zero attached hydrogens (tertiary/aromatic N) is 3. The van der Waals surface area contributed by atoms with Gasteiger partial charge >= 0.3 is 0 Å². The minimum absolute atomic E-state index is 0.718. The molecule has 2 heterocycles. The van der Waals surface area contributed by atoms with Gasteiger partial charge in [0.25, 0.3) is 0 Å². The average Bonchev–Trinajstić information content (AvgIpc) is 3.52. The van der Waals surface area contributed by atoms with E-state index in [0.29, 0.717) is 0 Å². The summed E-state index contributed by atoms with van der Waals surface area (Å²) in [5.41, 5.74) is 12.0. The van der Waals surface area contributed by atoms with E-state index in [1.807, 2.05) is 19.1 Å². The molecule has 0 saturated heterocycles. The van der Waals surface area contributed by atoms with E-state index in [9.17, 15) is 0 Å². The monoisotopic (exact) mass is 641 g/mol. The maximum atomic E-state index is 5.23. The minimum Gasteiger partial charge on any atom is -0.309 e. The van der Waals surface area contributed by atoms with Crippen LogP contribution in [0.5, 0.6) is 0 Å². The molecule has 0 bridgehead atoms. The molecule has 0 saturated carbocycles. The normalized spacial score (nSPS) is 11.0. The van der Waals surface area contributed by atoms with Gasteiger partial charge in [-0.2, -0.15) is 0 Å². The van der Waals surface area contributed by atoms with E-state index in [1.54, 1.807) is 6.08 Å². The Hall–Kier alpha value is -6.58. The quantitative estimate of drug-likeness (QED) is 0.175. The lowest BCUT2D eigenvalue weighted by atomic mass is 9.98. The SMILES string of the molecule is C=CC.c1ccc(-c2cccc(-c3nc(-c4ccccc4)c4cc(-c5ccc6c7ccccc7n(-c7ccccc7)c6c5)ccc4n3)c2)cc1. The van der Waals surface area contributed by atoms with Crippen molar-refractivity contribution in [3.05, 3.63) is 189 Å². The molecule has 3 nitrogen and oxygen atoms in total. The van der Waals surface area contributed by atoms with Crippen molar-refractivity contribution in [3.63, 3.8) is 0 Å². The van der Waals surface area contributed by atoms with Crippen LogP contribution in [0.15, 0.2) is 189 Å². The highest BCUT2D eigenvalue weighted by atomic mass is 15.0. The first-order valence-corrected chi connectivity index (χ1v) is 16.9. The maximum absolute atomic E-state index is 5.23. The predicted molar refractivity (Wildman–Crippen MR) is 211 cm³/mol. The summed E-state index contributed by atoms with van der Waals surface area (Å²) in [5.74, 6) is 0.718. The number of rotatable bonds is 5. The van der Waals surface area contributed by atoms with Gasteiger partial charge in [-0.25, -0.2) is 9.97 Å². The second kappa shape index (κ2) is 13.5. The van der Waals surface area contributed by atoms with Gasteiger partial charge in [-0.1, -0.05) is 140 Å². The van der Waals surface area contributed by atoms with Gasteiger partial charge in [0.15, 0.2) is 5.82 Å². The highest BCUT2D eigenvalue weighted by Crippen LogP contribution is 2.37. The van der Waals surface area contributed by atoms with Crippen LogP contribution in [0.4, 0.5) is 0 Å². The lowest BCUT2D eigenvalue weighted by Gasteiger charge is -2.12. The highest BCUT2D eigenvalue weighted by molar-refractivity contribution is 6.10. The van der Waals surface area contributed by atoms with Crippen molar-refractivity contribution in [1.82, 2.24) is 14.5 Å². The molecule has 9 aromatic rings. The molecule has 0 amide bonds. The predicted octanol–water partition coefficient (Wildman–Crippen LogP) is 12.6. The highest BCUT2D eigenvalue weighted by Gasteiger charge is 2.16. The van der Waals surface area contributed by atoms with Crippen LogP contribution in [0, 0.1) is 0 Å². The first-order chi connectivity index (χ1) is 24.7. The average molecular weight is 642 g/mol. The molecular formula is C47H35N3. The minimum atomic E-state index is 0.718. The van der Waals surface area contributed by atoms with Crippen LogP contribution in [-0.2, 0) is 0 Å². The molecule has 50 heavy (non-hydrogen) atoms. The molecule has 7 aromatic carbocycles. The Labute approximate surface area is 292 Å². The van der Waals surface area contributed by atoms with Gasteiger partial charge in [-0.05, 0) is 71.6 Å². The van der Waals surface area contributed by atoms with Crippen LogP contribution >= 0.6 is 0 Å². The number of hydrogen-bond acceptors (Lipinski definition) is 2. The van der Waals surface area contributed by atoms with E-state index < -0.39 is 0 Å². The summed E-state index contributed by atoms with van der Waals surface area (Å²) in [6, 6.07) is 62.0. The van der Waals surface area contributed by atoms with E-state index in [1.165, 1.54) is 27.4 Å². The second-order valence-electron chi connectivity index (χ2n) is 12.3. The fraction of sp³-hybridized carbons (Fsp3) is 0.0213. The van der Waals surface area contributed by atoms with Crippen LogP contribution in [0.25, 0.3) is 83.3 Å². The fourth-order valence-corrected chi connectivity index (χ4v) is 6.73. The van der Waals surface area contributed by atoms with Crippen LogP contribution in [-0.4, -0.2) is 14.5 Å². The second-order valence-corrected chi connectivity index (χ2v) is 12.3. The zero-order valence-corrected chi connectivity index (χ0v) is 27.9. The molecule has 0 aliphatic carbocycles. The Morgan fingerprint density at radius 1 is 0.440 bits per heavy atom. The molecule has 0 aliphatic rings. The topological polar surface area (TPSA) is 30.7 Å². The van der Waals surface area contributed by atoms with E-state index in [4.69, 9.17) is 9.97 Å². The molecule has 0 unspecified atom stereocenters. The van der Waals surface area contributed by atoms with Gasteiger partial charge in [0.05, 0.1) is 22.2 Å². The Morgan fingerprint density at radius 2 is 1.00 bits per heavy atom. The molecule has 0 aliphatic heterocycles. The zero-order chi connectivity index (χ0) is 33.9. The van der Waals surface area contributed by atoms with Crippen molar-refractivity contribution in [2.45, 2.75) is 6.92 Å². The van der Waals surface area contributed by atoms with Crippen molar-refractivity contribution in [3.8, 4) is 50.6 Å². The number of para-hydroxylation sites is 2. The first-order valence-electron chi connectivity index (χ1n) is 16.9. The summed E-state index contributed by atoms with van der Waals surface area (Å²) in [7, 11) is 0. The molecule has 2 aromatic heterocycles. The number of hydrogen-bond donors (Lipinski definition) is 0. The largest absolute Gasteiger partial charge is 0.309 e. The number of fused-ring (bicyclic) bond motifs is 4.